The number of pyridine rings is 5. The number of rotatable bonds is 15. The third-order valence-corrected chi connectivity index (χ3v) is 23.4. The number of hydrogen-bond acceptors (Lipinski definition) is 22. The van der Waals surface area contributed by atoms with Gasteiger partial charge >= 0.3 is 0 Å². The zero-order chi connectivity index (χ0) is 82.8. The van der Waals surface area contributed by atoms with Gasteiger partial charge in [-0.25, -0.2) is 34.0 Å². The highest BCUT2D eigenvalue weighted by molar-refractivity contribution is 5.84. The lowest BCUT2D eigenvalue weighted by Gasteiger charge is -2.36. The molecule has 0 aliphatic carbocycles. The number of hydrogen-bond donors (Lipinski definition) is 2. The Kier molecular flexibility index (Phi) is 23.0. The molecule has 30 heteroatoms. The number of imidazole rings is 1. The summed E-state index contributed by atoms with van der Waals surface area (Å²) < 4.78 is 13.8. The summed E-state index contributed by atoms with van der Waals surface area (Å²) in [5.41, 5.74) is 19.7. The van der Waals surface area contributed by atoms with E-state index < -0.39 is 0 Å². The van der Waals surface area contributed by atoms with Crippen LogP contribution in [0.15, 0.2) is 209 Å². The Morgan fingerprint density at radius 1 is 0.442 bits per heavy atom. The number of aryl methyl sites for hydroxylation is 4. The second kappa shape index (κ2) is 34.6. The number of nitrogens with zero attached hydrogens (tertiary/aromatic N) is 24. The Labute approximate surface area is 691 Å². The summed E-state index contributed by atoms with van der Waals surface area (Å²) in [6, 6.07) is 36.5. The number of likely N-dealkylation sites (tertiary alicyclic amines) is 1. The number of aliphatic hydroxyl groups is 2. The first-order valence-electron chi connectivity index (χ1n) is 41.2. The van der Waals surface area contributed by atoms with Crippen molar-refractivity contribution in [2.45, 2.75) is 78.2 Å². The highest BCUT2D eigenvalue weighted by atomic mass is 16.3. The summed E-state index contributed by atoms with van der Waals surface area (Å²) in [7, 11) is 6.19. The normalized spacial score (nSPS) is 15.5. The molecule has 19 heterocycles. The predicted octanol–water partition coefficient (Wildman–Crippen LogP) is 9.31. The van der Waals surface area contributed by atoms with Gasteiger partial charge in [0.25, 0.3) is 22.2 Å². The van der Waals surface area contributed by atoms with Crippen molar-refractivity contribution in [3.8, 4) is 45.3 Å². The molecule has 120 heavy (non-hydrogen) atoms. The van der Waals surface area contributed by atoms with Crippen LogP contribution in [0.1, 0.15) is 79.6 Å². The maximum absolute atomic E-state index is 12.9. The number of piperazine rings is 1. The molecule has 0 amide bonds. The van der Waals surface area contributed by atoms with Crippen LogP contribution in [0.25, 0.3) is 101 Å². The van der Waals surface area contributed by atoms with Gasteiger partial charge in [-0.2, -0.15) is 15.3 Å². The fraction of sp³-hybridized carbons (Fsp3) is 0.333. The summed E-state index contributed by atoms with van der Waals surface area (Å²) in [6.07, 6.45) is 29.5. The first-order valence-corrected chi connectivity index (χ1v) is 41.2. The van der Waals surface area contributed by atoms with Crippen LogP contribution < -0.4 is 32.0 Å². The minimum atomic E-state index is -0.137. The van der Waals surface area contributed by atoms with Crippen molar-refractivity contribution in [2.75, 3.05) is 122 Å². The Balaban J connectivity index is 0.000000114. The van der Waals surface area contributed by atoms with Gasteiger partial charge in [0.1, 0.15) is 39.6 Å². The Morgan fingerprint density at radius 3 is 1.54 bits per heavy atom. The van der Waals surface area contributed by atoms with Crippen LogP contribution in [0.3, 0.4) is 0 Å². The molecule has 0 unspecified atom stereocenters. The third-order valence-electron chi connectivity index (χ3n) is 23.4. The predicted molar refractivity (Wildman–Crippen MR) is 467 cm³/mol. The van der Waals surface area contributed by atoms with Gasteiger partial charge in [-0.05, 0) is 195 Å². The third kappa shape index (κ3) is 17.3. The Morgan fingerprint density at radius 2 is 0.958 bits per heavy atom. The quantitative estimate of drug-likeness (QED) is 0.0966. The van der Waals surface area contributed by atoms with Crippen molar-refractivity contribution in [1.82, 2.24) is 105 Å². The molecule has 0 saturated carbocycles. The van der Waals surface area contributed by atoms with E-state index in [2.05, 4.69) is 109 Å². The van der Waals surface area contributed by atoms with Crippen LogP contribution in [-0.4, -0.2) is 234 Å². The highest BCUT2D eigenvalue weighted by Gasteiger charge is 2.25. The molecule has 16 aromatic rings. The molecule has 20 rings (SSSR count). The van der Waals surface area contributed by atoms with Crippen LogP contribution >= 0.6 is 0 Å². The molecule has 4 aliphatic heterocycles. The van der Waals surface area contributed by atoms with E-state index in [1.54, 1.807) is 57.2 Å². The molecule has 614 valence electrons. The number of benzene rings is 1. The molecule has 3 fully saturated rings. The average Bonchev–Trinajstić information content (AvgIpc) is 1.04. The van der Waals surface area contributed by atoms with Crippen molar-refractivity contribution in [1.29, 1.82) is 0 Å². The van der Waals surface area contributed by atoms with Crippen molar-refractivity contribution >= 4 is 67.1 Å². The molecule has 15 aromatic heterocycles. The van der Waals surface area contributed by atoms with Gasteiger partial charge in [-0.1, -0.05) is 25.1 Å². The number of fused-ring (bicyclic) bond motifs is 8. The lowest BCUT2D eigenvalue weighted by Crippen LogP contribution is -2.47. The van der Waals surface area contributed by atoms with E-state index in [1.807, 2.05) is 172 Å². The molecule has 1 aromatic carbocycles. The molecule has 0 atom stereocenters. The van der Waals surface area contributed by atoms with E-state index in [-0.39, 0.29) is 35.5 Å². The lowest BCUT2D eigenvalue weighted by atomic mass is 9.90. The van der Waals surface area contributed by atoms with Gasteiger partial charge in [0.15, 0.2) is 0 Å². The van der Waals surface area contributed by atoms with Crippen LogP contribution in [0, 0.1) is 20.8 Å². The van der Waals surface area contributed by atoms with Gasteiger partial charge in [0, 0.05) is 156 Å². The second-order valence-corrected chi connectivity index (χ2v) is 31.8. The molecular weight excluding hydrogens is 1510 g/mol. The summed E-state index contributed by atoms with van der Waals surface area (Å²) in [4.78, 5) is 97.2. The molecule has 4 aliphatic rings. The van der Waals surface area contributed by atoms with Crippen molar-refractivity contribution in [3.63, 3.8) is 0 Å². The van der Waals surface area contributed by atoms with Crippen LogP contribution in [0.5, 0.6) is 0 Å². The summed E-state index contributed by atoms with van der Waals surface area (Å²) >= 11 is 0. The lowest BCUT2D eigenvalue weighted by molar-refractivity contribution is 0.189. The fourth-order valence-electron chi connectivity index (χ4n) is 16.7. The molecular formula is C90H98N24O6. The first-order chi connectivity index (χ1) is 58.3. The molecule has 0 radical (unpaired) electrons. The van der Waals surface area contributed by atoms with Crippen LogP contribution in [-0.2, 0) is 7.05 Å². The molecule has 3 saturated heterocycles. The zero-order valence-corrected chi connectivity index (χ0v) is 68.7. The average molecular weight is 1610 g/mol. The minimum Gasteiger partial charge on any atom is -0.395 e. The molecule has 2 N–H and O–H groups in total. The Bertz CT molecular complexity index is 6650. The number of aromatic nitrogens is 18. The van der Waals surface area contributed by atoms with Crippen molar-refractivity contribution in [2.24, 2.45) is 7.05 Å². The Hall–Kier alpha value is -12.8. The summed E-state index contributed by atoms with van der Waals surface area (Å²) in [6.45, 7) is 20.5. The topological polar surface area (TPSA) is 293 Å². The van der Waals surface area contributed by atoms with Gasteiger partial charge < -0.3 is 34.2 Å². The van der Waals surface area contributed by atoms with E-state index in [4.69, 9.17) is 20.2 Å². The number of aliphatic hydroxyl groups excluding tert-OH is 2. The first kappa shape index (κ1) is 79.6. The standard InChI is InChI=1S/C24H27N5O.C23H23N5O2.C22H25N7O.C21H23N7O2/c1-3-10-27-11-8-18(9-12-27)19-4-7-23-26-21(13-24(30)29(23)16-19)20-5-6-22-25-17(2)14-28(22)15-20;1-26-21-4-2-17(12-19(21)14-24-26)20-13-23(30)28-15-18(3-5-22(28)25-20)16-6-8-27(9-7-16)10-11-29;1-15-13-29-18(12-23-15)10-20(25-29)19-11-22(30)28-14-17(4-5-21(28)24-19)27-8-6-16(7-9-27)26(2)3;1-15-13-28-17(12-22-15)10-19(24-28)18-11-21(30)27-14-16(2-3-20(27)23-18)26-6-4-25(5-7-26)8-9-29/h4-7,13-16,18H,3,8-12H2,1-2H3;2-6,12-15,29H,7-11H2,1H3;4-5,10-14,16H,6-9H2,1-3H3;2-3,10-14,29H,4-9H2,1H3. The van der Waals surface area contributed by atoms with Crippen molar-refractivity contribution in [3.05, 3.63) is 259 Å². The van der Waals surface area contributed by atoms with Gasteiger partial charge in [0.2, 0.25) is 0 Å². The number of piperidine rings is 2. The molecule has 0 spiro atoms. The van der Waals surface area contributed by atoms with E-state index in [9.17, 15) is 19.2 Å². The van der Waals surface area contributed by atoms with E-state index in [0.29, 0.717) is 81.8 Å². The van der Waals surface area contributed by atoms with E-state index >= 15 is 0 Å². The van der Waals surface area contributed by atoms with E-state index in [0.717, 1.165) is 170 Å². The number of β-amino-alcohol motifs (C(OH)–C–C–N with tert-alkyl or cyclic N) is 2. The molecule has 30 nitrogen and oxygen atoms in total. The van der Waals surface area contributed by atoms with Crippen LogP contribution in [0.2, 0.25) is 0 Å². The summed E-state index contributed by atoms with van der Waals surface area (Å²) in [5.74, 6) is 0.515. The summed E-state index contributed by atoms with van der Waals surface area (Å²) in [5, 5.41) is 32.6. The van der Waals surface area contributed by atoms with Gasteiger partial charge in [-0.3, -0.25) is 61.2 Å². The van der Waals surface area contributed by atoms with E-state index in [1.165, 1.54) is 30.2 Å². The monoisotopic (exact) mass is 1610 g/mol. The molecule has 0 bridgehead atoms. The SMILES string of the molecule is CCCN1CCC(c2ccc3nc(-c4ccc5nc(C)cn5c4)cc(=O)n3c2)CC1.Cc1cn2nc(-c3cc(=O)n4cc(N5CCC(N(C)C)CC5)ccc4n3)cc2cn1.Cc1cn2nc(-c3cc(=O)n4cc(N5CCN(CCO)CC5)ccc4n3)cc2cn1.Cn1ncc2cc(-c3cc(=O)n4cc(C5=CCN(CCO)CC5)ccc4n3)ccc21. The maximum atomic E-state index is 12.9. The minimum absolute atomic E-state index is 0.0397. The second-order valence-electron chi connectivity index (χ2n) is 31.8. The van der Waals surface area contributed by atoms with Gasteiger partial charge in [0.05, 0.1) is 112 Å². The van der Waals surface area contributed by atoms with Crippen LogP contribution in [0.4, 0.5) is 11.4 Å². The highest BCUT2D eigenvalue weighted by Crippen LogP contribution is 2.31. The maximum Gasteiger partial charge on any atom is 0.258 e. The van der Waals surface area contributed by atoms with Gasteiger partial charge in [-0.15, -0.1) is 0 Å². The zero-order valence-electron chi connectivity index (χ0n) is 68.7. The smallest absolute Gasteiger partial charge is 0.258 e. The van der Waals surface area contributed by atoms with Crippen molar-refractivity contribution < 1.29 is 10.2 Å². The largest absolute Gasteiger partial charge is 0.395 e. The fourth-order valence-corrected chi connectivity index (χ4v) is 16.7. The number of anilines is 2.